The molecule has 0 saturated carbocycles. The van der Waals surface area contributed by atoms with Crippen LogP contribution in [0.5, 0.6) is 5.75 Å². The highest BCUT2D eigenvalue weighted by atomic mass is 32.1. The van der Waals surface area contributed by atoms with Gasteiger partial charge in [0.25, 0.3) is 0 Å². The zero-order chi connectivity index (χ0) is 13.7. The van der Waals surface area contributed by atoms with Gasteiger partial charge < -0.3 is 10.1 Å². The molecule has 1 N–H and O–H groups in total. The predicted octanol–water partition coefficient (Wildman–Crippen LogP) is 2.96. The van der Waals surface area contributed by atoms with Gasteiger partial charge in [0, 0.05) is 12.1 Å². The average Bonchev–Trinajstić information content (AvgIpc) is 2.87. The molecule has 4 nitrogen and oxygen atoms in total. The number of ether oxygens (including phenoxy) is 1. The zero-order valence-electron chi connectivity index (χ0n) is 11.5. The minimum absolute atomic E-state index is 0.647. The summed E-state index contributed by atoms with van der Waals surface area (Å²) < 4.78 is 5.14. The van der Waals surface area contributed by atoms with Crippen molar-refractivity contribution < 1.29 is 4.74 Å². The van der Waals surface area contributed by atoms with Gasteiger partial charge in [0.05, 0.1) is 7.11 Å². The van der Waals surface area contributed by atoms with Crippen LogP contribution in [0.1, 0.15) is 18.9 Å². The first-order valence-electron chi connectivity index (χ1n) is 6.36. The highest BCUT2D eigenvalue weighted by Gasteiger charge is 2.06. The third-order valence-electron chi connectivity index (χ3n) is 2.63. The van der Waals surface area contributed by atoms with E-state index < -0.39 is 0 Å². The van der Waals surface area contributed by atoms with Crippen LogP contribution in [-0.4, -0.2) is 23.9 Å². The summed E-state index contributed by atoms with van der Waals surface area (Å²) in [5.41, 5.74) is 1.08. The van der Waals surface area contributed by atoms with E-state index in [0.29, 0.717) is 5.92 Å². The van der Waals surface area contributed by atoms with Crippen molar-refractivity contribution in [1.29, 1.82) is 0 Å². The molecule has 2 aromatic rings. The van der Waals surface area contributed by atoms with Gasteiger partial charge in [0.2, 0.25) is 0 Å². The van der Waals surface area contributed by atoms with E-state index in [4.69, 9.17) is 4.74 Å². The maximum Gasteiger partial charge on any atom is 0.147 e. The Labute approximate surface area is 117 Å². The molecular formula is C14H19N3OS. The fourth-order valence-corrected chi connectivity index (χ4v) is 2.46. The van der Waals surface area contributed by atoms with Crippen molar-refractivity contribution >= 4 is 11.3 Å². The number of hydrogen-bond acceptors (Lipinski definition) is 5. The largest absolute Gasteiger partial charge is 0.497 e. The Hall–Kier alpha value is -1.46. The number of hydrogen-bond donors (Lipinski definition) is 1. The molecule has 0 atom stereocenters. The molecule has 102 valence electrons. The van der Waals surface area contributed by atoms with E-state index in [1.807, 2.05) is 24.3 Å². The van der Waals surface area contributed by atoms with E-state index in [9.17, 15) is 0 Å². The smallest absolute Gasteiger partial charge is 0.147 e. The lowest BCUT2D eigenvalue weighted by atomic mass is 10.2. The molecule has 0 aliphatic heterocycles. The minimum atomic E-state index is 0.647. The quantitative estimate of drug-likeness (QED) is 0.882. The summed E-state index contributed by atoms with van der Waals surface area (Å²) in [6.07, 6.45) is 0. The summed E-state index contributed by atoms with van der Waals surface area (Å²) in [7, 11) is 1.67. The summed E-state index contributed by atoms with van der Waals surface area (Å²) in [6, 6.07) is 7.89. The fraction of sp³-hybridized carbons (Fsp3) is 0.429. The maximum atomic E-state index is 5.14. The van der Waals surface area contributed by atoms with Gasteiger partial charge in [-0.25, -0.2) is 0 Å². The van der Waals surface area contributed by atoms with Crippen LogP contribution >= 0.6 is 11.3 Å². The number of aromatic nitrogens is 2. The standard InChI is InChI=1S/C14H19N3OS/c1-10(2)8-15-9-13-16-17-14(19-13)11-4-6-12(18-3)7-5-11/h4-7,10,15H,8-9H2,1-3H3. The topological polar surface area (TPSA) is 47.0 Å². The highest BCUT2D eigenvalue weighted by molar-refractivity contribution is 7.14. The van der Waals surface area contributed by atoms with Crippen LogP contribution in [0.4, 0.5) is 0 Å². The third kappa shape index (κ3) is 4.01. The third-order valence-corrected chi connectivity index (χ3v) is 3.60. The molecular weight excluding hydrogens is 258 g/mol. The van der Waals surface area contributed by atoms with Crippen molar-refractivity contribution in [2.24, 2.45) is 5.92 Å². The van der Waals surface area contributed by atoms with Gasteiger partial charge in [-0.2, -0.15) is 0 Å². The summed E-state index contributed by atoms with van der Waals surface area (Å²) in [5, 5.41) is 13.8. The summed E-state index contributed by atoms with van der Waals surface area (Å²) in [4.78, 5) is 0. The molecule has 1 aromatic carbocycles. The number of methoxy groups -OCH3 is 1. The Morgan fingerprint density at radius 3 is 2.58 bits per heavy atom. The Morgan fingerprint density at radius 1 is 1.21 bits per heavy atom. The van der Waals surface area contributed by atoms with Crippen molar-refractivity contribution in [1.82, 2.24) is 15.5 Å². The number of nitrogens with one attached hydrogen (secondary N) is 1. The first-order valence-corrected chi connectivity index (χ1v) is 7.18. The molecule has 0 saturated heterocycles. The Bertz CT molecular complexity index is 508. The van der Waals surface area contributed by atoms with E-state index in [1.165, 1.54) is 0 Å². The van der Waals surface area contributed by atoms with Crippen LogP contribution in [-0.2, 0) is 6.54 Å². The van der Waals surface area contributed by atoms with Gasteiger partial charge in [0.1, 0.15) is 15.8 Å². The molecule has 1 aromatic heterocycles. The Kier molecular flexibility index (Phi) is 4.87. The van der Waals surface area contributed by atoms with Gasteiger partial charge in [-0.05, 0) is 36.7 Å². The molecule has 0 bridgehead atoms. The molecule has 0 fully saturated rings. The molecule has 1 heterocycles. The lowest BCUT2D eigenvalue weighted by Gasteiger charge is -2.04. The van der Waals surface area contributed by atoms with Crippen molar-refractivity contribution in [3.05, 3.63) is 29.3 Å². The van der Waals surface area contributed by atoms with Crippen molar-refractivity contribution in [3.63, 3.8) is 0 Å². The van der Waals surface area contributed by atoms with E-state index in [1.54, 1.807) is 18.4 Å². The number of benzene rings is 1. The Balaban J connectivity index is 1.99. The second-order valence-electron chi connectivity index (χ2n) is 4.75. The molecule has 0 aliphatic rings. The van der Waals surface area contributed by atoms with E-state index in [0.717, 1.165) is 34.4 Å². The van der Waals surface area contributed by atoms with Crippen LogP contribution in [0.25, 0.3) is 10.6 Å². The lowest BCUT2D eigenvalue weighted by molar-refractivity contribution is 0.415. The van der Waals surface area contributed by atoms with Crippen LogP contribution in [0.2, 0.25) is 0 Å². The van der Waals surface area contributed by atoms with Gasteiger partial charge in [-0.1, -0.05) is 25.2 Å². The first kappa shape index (κ1) is 14.0. The summed E-state index contributed by atoms with van der Waals surface area (Å²) in [5.74, 6) is 1.50. The van der Waals surface area contributed by atoms with E-state index >= 15 is 0 Å². The minimum Gasteiger partial charge on any atom is -0.497 e. The van der Waals surface area contributed by atoms with E-state index in [-0.39, 0.29) is 0 Å². The number of rotatable bonds is 6. The Morgan fingerprint density at radius 2 is 1.95 bits per heavy atom. The normalized spacial score (nSPS) is 10.9. The second-order valence-corrected chi connectivity index (χ2v) is 5.82. The van der Waals surface area contributed by atoms with E-state index in [2.05, 4.69) is 29.4 Å². The number of nitrogens with zero attached hydrogens (tertiary/aromatic N) is 2. The molecule has 19 heavy (non-hydrogen) atoms. The van der Waals surface area contributed by atoms with Crippen LogP contribution in [0, 0.1) is 5.92 Å². The van der Waals surface area contributed by atoms with Crippen molar-refractivity contribution in [2.75, 3.05) is 13.7 Å². The highest BCUT2D eigenvalue weighted by Crippen LogP contribution is 2.25. The fourth-order valence-electron chi connectivity index (χ4n) is 1.64. The van der Waals surface area contributed by atoms with Crippen LogP contribution in [0.3, 0.4) is 0 Å². The molecule has 0 aliphatic carbocycles. The maximum absolute atomic E-state index is 5.14. The molecule has 0 amide bonds. The predicted molar refractivity (Wildman–Crippen MR) is 78.4 cm³/mol. The van der Waals surface area contributed by atoms with Gasteiger partial charge in [0.15, 0.2) is 0 Å². The van der Waals surface area contributed by atoms with Crippen molar-refractivity contribution in [3.8, 4) is 16.3 Å². The van der Waals surface area contributed by atoms with Crippen LogP contribution < -0.4 is 10.1 Å². The second kappa shape index (κ2) is 6.63. The van der Waals surface area contributed by atoms with Gasteiger partial charge >= 0.3 is 0 Å². The first-order chi connectivity index (χ1) is 9.19. The summed E-state index contributed by atoms with van der Waals surface area (Å²) >= 11 is 1.63. The monoisotopic (exact) mass is 277 g/mol. The lowest BCUT2D eigenvalue weighted by Crippen LogP contribution is -2.18. The SMILES string of the molecule is COc1ccc(-c2nnc(CNCC(C)C)s2)cc1. The van der Waals surface area contributed by atoms with Crippen molar-refractivity contribution in [2.45, 2.75) is 20.4 Å². The molecule has 2 rings (SSSR count). The molecule has 0 unspecified atom stereocenters. The van der Waals surface area contributed by atoms with Gasteiger partial charge in [-0.15, -0.1) is 10.2 Å². The molecule has 5 heteroatoms. The van der Waals surface area contributed by atoms with Gasteiger partial charge in [-0.3, -0.25) is 0 Å². The molecule has 0 radical (unpaired) electrons. The summed E-state index contributed by atoms with van der Waals surface area (Å²) in [6.45, 7) is 6.16. The zero-order valence-corrected chi connectivity index (χ0v) is 12.3. The van der Waals surface area contributed by atoms with Crippen LogP contribution in [0.15, 0.2) is 24.3 Å². The average molecular weight is 277 g/mol. The molecule has 0 spiro atoms.